The topological polar surface area (TPSA) is 46.1 Å². The van der Waals surface area contributed by atoms with E-state index in [2.05, 4.69) is 17.4 Å². The first-order valence-corrected chi connectivity index (χ1v) is 7.31. The molecule has 0 heterocycles. The molecule has 0 aliphatic rings. The third kappa shape index (κ3) is 4.73. The van der Waals surface area contributed by atoms with Crippen LogP contribution in [0.1, 0.15) is 29.7 Å². The Morgan fingerprint density at radius 1 is 1.14 bits per heavy atom. The second kappa shape index (κ2) is 8.79. The van der Waals surface area contributed by atoms with Gasteiger partial charge in [-0.2, -0.15) is 0 Å². The number of benzene rings is 2. The molecule has 2 atom stereocenters. The molecule has 0 saturated heterocycles. The SMILES string of the molecule is COc1ccc(C(O)C(C)[NH2+]Cc2ccccc2)cc1C.[Cl-]. The molecule has 4 heteroatoms. The second-order valence-electron chi connectivity index (χ2n) is 5.46. The summed E-state index contributed by atoms with van der Waals surface area (Å²) in [6.45, 7) is 4.91. The predicted molar refractivity (Wildman–Crippen MR) is 84.2 cm³/mol. The molecule has 0 radical (unpaired) electrons. The largest absolute Gasteiger partial charge is 1.00 e. The van der Waals surface area contributed by atoms with E-state index in [1.165, 1.54) is 5.56 Å². The Balaban J connectivity index is 0.00000242. The molecule has 120 valence electrons. The minimum Gasteiger partial charge on any atom is -1.00 e. The fraction of sp³-hybridized carbons (Fsp3) is 0.333. The summed E-state index contributed by atoms with van der Waals surface area (Å²) >= 11 is 0. The second-order valence-corrected chi connectivity index (χ2v) is 5.46. The summed E-state index contributed by atoms with van der Waals surface area (Å²) in [5, 5.41) is 12.6. The van der Waals surface area contributed by atoms with Crippen LogP contribution in [-0.2, 0) is 6.54 Å². The van der Waals surface area contributed by atoms with Crippen molar-refractivity contribution < 1.29 is 27.6 Å². The maximum Gasteiger partial charge on any atom is 0.130 e. The molecule has 2 aromatic carbocycles. The minimum atomic E-state index is -0.488. The van der Waals surface area contributed by atoms with E-state index in [-0.39, 0.29) is 18.4 Å². The van der Waals surface area contributed by atoms with Gasteiger partial charge in [0.05, 0.1) is 7.11 Å². The van der Waals surface area contributed by atoms with Crippen LogP contribution < -0.4 is 22.5 Å². The van der Waals surface area contributed by atoms with Gasteiger partial charge in [-0.1, -0.05) is 36.4 Å². The number of hydrogen-bond donors (Lipinski definition) is 2. The number of aliphatic hydroxyl groups excluding tert-OH is 1. The van der Waals surface area contributed by atoms with E-state index in [4.69, 9.17) is 4.74 Å². The lowest BCUT2D eigenvalue weighted by Crippen LogP contribution is -3.00. The number of quaternary nitrogens is 1. The lowest BCUT2D eigenvalue weighted by molar-refractivity contribution is -0.709. The molecular weight excluding hydrogens is 298 g/mol. The van der Waals surface area contributed by atoms with Crippen molar-refractivity contribution in [3.8, 4) is 5.75 Å². The summed E-state index contributed by atoms with van der Waals surface area (Å²) < 4.78 is 5.26. The third-order valence-corrected chi connectivity index (χ3v) is 3.83. The highest BCUT2D eigenvalue weighted by atomic mass is 35.5. The van der Waals surface area contributed by atoms with Crippen LogP contribution in [0.15, 0.2) is 48.5 Å². The van der Waals surface area contributed by atoms with Crippen molar-refractivity contribution in [1.82, 2.24) is 0 Å². The summed E-state index contributed by atoms with van der Waals surface area (Å²) in [7, 11) is 1.66. The fourth-order valence-corrected chi connectivity index (χ4v) is 2.45. The molecule has 2 rings (SSSR count). The molecule has 0 amide bonds. The van der Waals surface area contributed by atoms with Crippen molar-refractivity contribution in [2.45, 2.75) is 32.5 Å². The predicted octanol–water partition coefficient (Wildman–Crippen LogP) is -0.807. The van der Waals surface area contributed by atoms with Crippen LogP contribution in [0, 0.1) is 6.92 Å². The van der Waals surface area contributed by atoms with E-state index < -0.39 is 6.10 Å². The average Bonchev–Trinajstić information content (AvgIpc) is 2.52. The first-order chi connectivity index (χ1) is 10.1. The maximum atomic E-state index is 10.5. The monoisotopic (exact) mass is 321 g/mol. The van der Waals surface area contributed by atoms with Crippen LogP contribution in [0.25, 0.3) is 0 Å². The molecule has 0 spiro atoms. The summed E-state index contributed by atoms with van der Waals surface area (Å²) in [5.41, 5.74) is 3.25. The first-order valence-electron chi connectivity index (χ1n) is 7.31. The van der Waals surface area contributed by atoms with Crippen molar-refractivity contribution in [2.75, 3.05) is 7.11 Å². The number of halogens is 1. The van der Waals surface area contributed by atoms with Crippen molar-refractivity contribution >= 4 is 0 Å². The van der Waals surface area contributed by atoms with Gasteiger partial charge in [0.15, 0.2) is 0 Å². The third-order valence-electron chi connectivity index (χ3n) is 3.83. The molecule has 0 fully saturated rings. The van der Waals surface area contributed by atoms with Crippen molar-refractivity contribution in [2.24, 2.45) is 0 Å². The zero-order valence-corrected chi connectivity index (χ0v) is 14.0. The van der Waals surface area contributed by atoms with Gasteiger partial charge in [0.25, 0.3) is 0 Å². The van der Waals surface area contributed by atoms with Crippen LogP contribution in [0.2, 0.25) is 0 Å². The van der Waals surface area contributed by atoms with Gasteiger partial charge in [0.2, 0.25) is 0 Å². The highest BCUT2D eigenvalue weighted by Gasteiger charge is 2.19. The Morgan fingerprint density at radius 2 is 1.82 bits per heavy atom. The molecule has 0 saturated carbocycles. The van der Waals surface area contributed by atoms with Crippen LogP contribution in [-0.4, -0.2) is 18.3 Å². The van der Waals surface area contributed by atoms with Crippen molar-refractivity contribution in [3.63, 3.8) is 0 Å². The Hall–Kier alpha value is -1.55. The zero-order valence-electron chi connectivity index (χ0n) is 13.3. The Morgan fingerprint density at radius 3 is 2.41 bits per heavy atom. The minimum absolute atomic E-state index is 0. The van der Waals surface area contributed by atoms with Crippen LogP contribution in [0.4, 0.5) is 0 Å². The number of aryl methyl sites for hydroxylation is 1. The highest BCUT2D eigenvalue weighted by Crippen LogP contribution is 2.23. The van der Waals surface area contributed by atoms with Crippen LogP contribution in [0.5, 0.6) is 5.75 Å². The zero-order chi connectivity index (χ0) is 15.2. The van der Waals surface area contributed by atoms with Gasteiger partial charge < -0.3 is 27.6 Å². The lowest BCUT2D eigenvalue weighted by atomic mass is 10.0. The molecule has 0 bridgehead atoms. The Bertz CT molecular complexity index is 575. The summed E-state index contributed by atoms with van der Waals surface area (Å²) in [6, 6.07) is 16.2. The average molecular weight is 322 g/mol. The van der Waals surface area contributed by atoms with Gasteiger partial charge in [-0.3, -0.25) is 0 Å². The van der Waals surface area contributed by atoms with Gasteiger partial charge in [-0.05, 0) is 37.1 Å². The molecular formula is C18H24ClNO2. The summed E-state index contributed by atoms with van der Waals surface area (Å²) in [6.07, 6.45) is -0.488. The molecule has 3 N–H and O–H groups in total. The van der Waals surface area contributed by atoms with E-state index in [1.54, 1.807) is 7.11 Å². The molecule has 2 aromatic rings. The van der Waals surface area contributed by atoms with Crippen LogP contribution in [0.3, 0.4) is 0 Å². The summed E-state index contributed by atoms with van der Waals surface area (Å²) in [4.78, 5) is 0. The molecule has 22 heavy (non-hydrogen) atoms. The normalized spacial score (nSPS) is 13.1. The van der Waals surface area contributed by atoms with Gasteiger partial charge in [-0.15, -0.1) is 0 Å². The smallest absolute Gasteiger partial charge is 0.130 e. The van der Waals surface area contributed by atoms with Crippen LogP contribution >= 0.6 is 0 Å². The molecule has 0 aliphatic heterocycles. The number of aliphatic hydroxyl groups is 1. The highest BCUT2D eigenvalue weighted by molar-refractivity contribution is 5.37. The van der Waals surface area contributed by atoms with E-state index >= 15 is 0 Å². The summed E-state index contributed by atoms with van der Waals surface area (Å²) in [5.74, 6) is 0.854. The molecule has 3 nitrogen and oxygen atoms in total. The van der Waals surface area contributed by atoms with E-state index in [1.807, 2.05) is 50.2 Å². The van der Waals surface area contributed by atoms with E-state index in [0.717, 1.165) is 23.4 Å². The van der Waals surface area contributed by atoms with Gasteiger partial charge in [-0.25, -0.2) is 0 Å². The fourth-order valence-electron chi connectivity index (χ4n) is 2.45. The number of hydrogen-bond acceptors (Lipinski definition) is 2. The Kier molecular flexibility index (Phi) is 7.39. The Labute approximate surface area is 138 Å². The number of ether oxygens (including phenoxy) is 1. The number of rotatable bonds is 6. The van der Waals surface area contributed by atoms with Crippen molar-refractivity contribution in [3.05, 3.63) is 65.2 Å². The van der Waals surface area contributed by atoms with Gasteiger partial charge in [0, 0.05) is 5.56 Å². The number of nitrogens with two attached hydrogens (primary N) is 1. The van der Waals surface area contributed by atoms with E-state index in [0.29, 0.717) is 0 Å². The molecule has 0 aliphatic carbocycles. The quantitative estimate of drug-likeness (QED) is 0.731. The van der Waals surface area contributed by atoms with Gasteiger partial charge in [0.1, 0.15) is 24.4 Å². The molecule has 2 unspecified atom stereocenters. The lowest BCUT2D eigenvalue weighted by Gasteiger charge is -2.19. The van der Waals surface area contributed by atoms with Crippen molar-refractivity contribution in [1.29, 1.82) is 0 Å². The van der Waals surface area contributed by atoms with E-state index in [9.17, 15) is 5.11 Å². The maximum absolute atomic E-state index is 10.5. The first kappa shape index (κ1) is 18.5. The van der Waals surface area contributed by atoms with Gasteiger partial charge >= 0.3 is 0 Å². The number of methoxy groups -OCH3 is 1. The molecule has 0 aromatic heterocycles. The standard InChI is InChI=1S/C18H23NO2.ClH/c1-13-11-16(9-10-17(13)21-3)18(20)14(2)19-12-15-7-5-4-6-8-15;/h4-11,14,18-20H,12H2,1-3H3;1H.